The molecule has 0 heterocycles. The number of benzene rings is 4. The SMILES string of the molecule is C=C(C(=O)O)c1ccc(C=Cc2ccc(N(c3cccc(C)c3)c3cccc(C)c3)cc2)cc1. The minimum absolute atomic E-state index is 0.0953. The van der Waals surface area contributed by atoms with Gasteiger partial charge in [-0.15, -0.1) is 0 Å². The van der Waals surface area contributed by atoms with Crippen molar-refractivity contribution in [1.29, 1.82) is 0 Å². The van der Waals surface area contributed by atoms with Gasteiger partial charge in [-0.2, -0.15) is 0 Å². The van der Waals surface area contributed by atoms with Crippen LogP contribution in [0, 0.1) is 13.8 Å². The molecule has 0 saturated heterocycles. The number of anilines is 3. The summed E-state index contributed by atoms with van der Waals surface area (Å²) in [5.41, 5.74) is 8.54. The lowest BCUT2D eigenvalue weighted by Crippen LogP contribution is -2.10. The maximum absolute atomic E-state index is 11.1. The summed E-state index contributed by atoms with van der Waals surface area (Å²) in [6.07, 6.45) is 4.07. The Bertz CT molecular complexity index is 1300. The zero-order chi connectivity index (χ0) is 24.1. The van der Waals surface area contributed by atoms with Crippen LogP contribution in [0.1, 0.15) is 27.8 Å². The Morgan fingerprint density at radius 2 is 1.18 bits per heavy atom. The van der Waals surface area contributed by atoms with E-state index in [9.17, 15) is 4.79 Å². The molecule has 0 fully saturated rings. The molecule has 0 amide bonds. The van der Waals surface area contributed by atoms with Gasteiger partial charge in [0.25, 0.3) is 0 Å². The van der Waals surface area contributed by atoms with Crippen molar-refractivity contribution in [3.8, 4) is 0 Å². The van der Waals surface area contributed by atoms with Crippen LogP contribution < -0.4 is 4.90 Å². The normalized spacial score (nSPS) is 10.9. The monoisotopic (exact) mass is 445 g/mol. The van der Waals surface area contributed by atoms with E-state index in [1.807, 2.05) is 18.2 Å². The first-order valence-electron chi connectivity index (χ1n) is 11.1. The Balaban J connectivity index is 1.59. The standard InChI is InChI=1S/C31H27NO2/c1-22-6-4-8-29(20-22)32(30-9-5-7-23(2)21-30)28-18-14-26(15-19-28)11-10-25-12-16-27(17-13-25)24(3)31(33)34/h4-21H,3H2,1-2H3,(H,33,34). The van der Waals surface area contributed by atoms with Crippen molar-refractivity contribution < 1.29 is 9.90 Å². The minimum atomic E-state index is -1.01. The highest BCUT2D eigenvalue weighted by Gasteiger charge is 2.12. The minimum Gasteiger partial charge on any atom is -0.478 e. The van der Waals surface area contributed by atoms with Crippen LogP contribution in [-0.4, -0.2) is 11.1 Å². The summed E-state index contributed by atoms with van der Waals surface area (Å²) in [7, 11) is 0. The molecule has 0 unspecified atom stereocenters. The van der Waals surface area contributed by atoms with Crippen LogP contribution in [0.25, 0.3) is 17.7 Å². The molecule has 0 aliphatic rings. The number of nitrogens with zero attached hydrogens (tertiary/aromatic N) is 1. The number of aryl methyl sites for hydroxylation is 2. The number of carbonyl (C=O) groups is 1. The third-order valence-corrected chi connectivity index (χ3v) is 5.66. The van der Waals surface area contributed by atoms with E-state index in [0.29, 0.717) is 5.56 Å². The first kappa shape index (κ1) is 22.8. The lowest BCUT2D eigenvalue weighted by molar-refractivity contribution is -0.130. The smallest absolute Gasteiger partial charge is 0.335 e. The number of hydrogen-bond donors (Lipinski definition) is 1. The molecule has 0 aliphatic heterocycles. The Hall–Kier alpha value is -4.37. The highest BCUT2D eigenvalue weighted by molar-refractivity contribution is 6.14. The zero-order valence-corrected chi connectivity index (χ0v) is 19.4. The van der Waals surface area contributed by atoms with E-state index >= 15 is 0 Å². The van der Waals surface area contributed by atoms with E-state index in [0.717, 1.165) is 28.2 Å². The fourth-order valence-corrected chi connectivity index (χ4v) is 3.83. The van der Waals surface area contributed by atoms with Crippen LogP contribution >= 0.6 is 0 Å². The molecular formula is C31H27NO2. The van der Waals surface area contributed by atoms with Crippen molar-refractivity contribution in [2.45, 2.75) is 13.8 Å². The van der Waals surface area contributed by atoms with E-state index < -0.39 is 5.97 Å². The van der Waals surface area contributed by atoms with E-state index in [1.165, 1.54) is 11.1 Å². The maximum Gasteiger partial charge on any atom is 0.335 e. The lowest BCUT2D eigenvalue weighted by Gasteiger charge is -2.26. The Kier molecular flexibility index (Phi) is 6.74. The van der Waals surface area contributed by atoms with Crippen LogP contribution in [0.2, 0.25) is 0 Å². The quantitative estimate of drug-likeness (QED) is 0.231. The van der Waals surface area contributed by atoms with E-state index in [2.05, 4.69) is 104 Å². The Morgan fingerprint density at radius 3 is 1.62 bits per heavy atom. The first-order valence-corrected chi connectivity index (χ1v) is 11.1. The summed E-state index contributed by atoms with van der Waals surface area (Å²) in [6, 6.07) is 32.8. The Labute approximate surface area is 200 Å². The van der Waals surface area contributed by atoms with Crippen LogP contribution in [-0.2, 0) is 4.79 Å². The van der Waals surface area contributed by atoms with Gasteiger partial charge in [0.15, 0.2) is 0 Å². The average molecular weight is 446 g/mol. The largest absolute Gasteiger partial charge is 0.478 e. The molecule has 0 spiro atoms. The Morgan fingerprint density at radius 1 is 0.706 bits per heavy atom. The summed E-state index contributed by atoms with van der Waals surface area (Å²) in [5.74, 6) is -1.01. The second kappa shape index (κ2) is 10.1. The third kappa shape index (κ3) is 5.33. The average Bonchev–Trinajstić information content (AvgIpc) is 2.84. The molecule has 1 N–H and O–H groups in total. The summed E-state index contributed by atoms with van der Waals surface area (Å²) in [4.78, 5) is 13.3. The highest BCUT2D eigenvalue weighted by Crippen LogP contribution is 2.35. The molecule has 0 atom stereocenters. The van der Waals surface area contributed by atoms with Gasteiger partial charge in [0.05, 0.1) is 5.57 Å². The molecule has 0 aliphatic carbocycles. The van der Waals surface area contributed by atoms with Crippen molar-refractivity contribution >= 4 is 40.8 Å². The fourth-order valence-electron chi connectivity index (χ4n) is 3.83. The summed E-state index contributed by atoms with van der Waals surface area (Å²) in [5, 5.41) is 9.07. The summed E-state index contributed by atoms with van der Waals surface area (Å²) >= 11 is 0. The second-order valence-corrected chi connectivity index (χ2v) is 8.34. The van der Waals surface area contributed by atoms with Crippen molar-refractivity contribution in [2.24, 2.45) is 0 Å². The lowest BCUT2D eigenvalue weighted by atomic mass is 10.0. The van der Waals surface area contributed by atoms with Crippen molar-refractivity contribution in [3.63, 3.8) is 0 Å². The fraction of sp³-hybridized carbons (Fsp3) is 0.0645. The number of carboxylic acids is 1. The third-order valence-electron chi connectivity index (χ3n) is 5.66. The number of rotatable bonds is 7. The van der Waals surface area contributed by atoms with E-state index in [-0.39, 0.29) is 5.57 Å². The van der Waals surface area contributed by atoms with Crippen LogP contribution in [0.3, 0.4) is 0 Å². The predicted molar refractivity (Wildman–Crippen MR) is 143 cm³/mol. The molecule has 4 aromatic rings. The van der Waals surface area contributed by atoms with Crippen molar-refractivity contribution in [2.75, 3.05) is 4.90 Å². The van der Waals surface area contributed by atoms with Crippen LogP contribution in [0.5, 0.6) is 0 Å². The second-order valence-electron chi connectivity index (χ2n) is 8.34. The molecule has 3 nitrogen and oxygen atoms in total. The van der Waals surface area contributed by atoms with Gasteiger partial charge in [0, 0.05) is 17.1 Å². The van der Waals surface area contributed by atoms with Crippen molar-refractivity contribution in [3.05, 3.63) is 131 Å². The highest BCUT2D eigenvalue weighted by atomic mass is 16.4. The van der Waals surface area contributed by atoms with E-state index in [1.54, 1.807) is 12.1 Å². The molecule has 0 saturated carbocycles. The molecule has 34 heavy (non-hydrogen) atoms. The van der Waals surface area contributed by atoms with Gasteiger partial charge in [0.1, 0.15) is 0 Å². The molecule has 168 valence electrons. The molecule has 0 bridgehead atoms. The van der Waals surface area contributed by atoms with Gasteiger partial charge in [0.2, 0.25) is 0 Å². The van der Waals surface area contributed by atoms with Crippen LogP contribution in [0.4, 0.5) is 17.1 Å². The molecule has 4 rings (SSSR count). The molecule has 4 aromatic carbocycles. The number of hydrogen-bond acceptors (Lipinski definition) is 2. The molecule has 0 radical (unpaired) electrons. The molecule has 0 aromatic heterocycles. The summed E-state index contributed by atoms with van der Waals surface area (Å²) < 4.78 is 0. The van der Waals surface area contributed by atoms with Gasteiger partial charge in [-0.3, -0.25) is 0 Å². The zero-order valence-electron chi connectivity index (χ0n) is 19.4. The maximum atomic E-state index is 11.1. The number of aliphatic carboxylic acids is 1. The van der Waals surface area contributed by atoms with Gasteiger partial charge in [-0.25, -0.2) is 4.79 Å². The molecular weight excluding hydrogens is 418 g/mol. The van der Waals surface area contributed by atoms with Gasteiger partial charge >= 0.3 is 5.97 Å². The van der Waals surface area contributed by atoms with Crippen LogP contribution in [0.15, 0.2) is 104 Å². The molecule has 3 heteroatoms. The van der Waals surface area contributed by atoms with E-state index in [4.69, 9.17) is 5.11 Å². The predicted octanol–water partition coefficient (Wildman–Crippen LogP) is 8.04. The first-order chi connectivity index (χ1) is 16.4. The van der Waals surface area contributed by atoms with Gasteiger partial charge < -0.3 is 10.0 Å². The van der Waals surface area contributed by atoms with Gasteiger partial charge in [-0.05, 0) is 78.1 Å². The summed E-state index contributed by atoms with van der Waals surface area (Å²) in [6.45, 7) is 7.82. The van der Waals surface area contributed by atoms with Gasteiger partial charge in [-0.1, -0.05) is 79.4 Å². The topological polar surface area (TPSA) is 40.5 Å². The number of carboxylic acid groups (broad SMARTS) is 1. The van der Waals surface area contributed by atoms with Crippen molar-refractivity contribution in [1.82, 2.24) is 0 Å².